The summed E-state index contributed by atoms with van der Waals surface area (Å²) in [5.74, 6) is -8.31. The number of hydrogen-bond donors (Lipinski definition) is 3. The van der Waals surface area contributed by atoms with E-state index in [1.54, 1.807) is 41.5 Å². The van der Waals surface area contributed by atoms with Crippen molar-refractivity contribution >= 4 is 29.5 Å². The summed E-state index contributed by atoms with van der Waals surface area (Å²) >= 11 is 0. The number of esters is 3. The van der Waals surface area contributed by atoms with E-state index in [0.717, 1.165) is 7.11 Å². The topological polar surface area (TPSA) is 183 Å². The molecule has 2 heterocycles. The van der Waals surface area contributed by atoms with Crippen LogP contribution in [0.1, 0.15) is 60.8 Å². The highest BCUT2D eigenvalue weighted by molar-refractivity contribution is 6.38. The minimum atomic E-state index is -2.29. The Bertz CT molecular complexity index is 1200. The first kappa shape index (κ1) is 31.0. The van der Waals surface area contributed by atoms with Gasteiger partial charge in [0.2, 0.25) is 17.5 Å². The fourth-order valence-electron chi connectivity index (χ4n) is 9.54. The summed E-state index contributed by atoms with van der Waals surface area (Å²) in [6.07, 6.45) is -6.81. The molecular formula is C30H42O12. The van der Waals surface area contributed by atoms with E-state index in [4.69, 9.17) is 18.9 Å². The van der Waals surface area contributed by atoms with E-state index in [1.807, 2.05) is 0 Å². The van der Waals surface area contributed by atoms with Gasteiger partial charge in [-0.1, -0.05) is 41.5 Å². The summed E-state index contributed by atoms with van der Waals surface area (Å²) in [5, 5.41) is 34.7. The first-order valence-electron chi connectivity index (χ1n) is 14.7. The molecule has 5 aliphatic rings. The largest absolute Gasteiger partial charge is 0.467 e. The zero-order valence-electron chi connectivity index (χ0n) is 25.1. The zero-order chi connectivity index (χ0) is 31.3. The Morgan fingerprint density at radius 3 is 2.29 bits per heavy atom. The summed E-state index contributed by atoms with van der Waals surface area (Å²) in [5.41, 5.74) is -6.18. The van der Waals surface area contributed by atoms with E-state index in [2.05, 4.69) is 0 Å². The third kappa shape index (κ3) is 3.70. The van der Waals surface area contributed by atoms with Gasteiger partial charge in [0.25, 0.3) is 0 Å². The van der Waals surface area contributed by atoms with Gasteiger partial charge in [0.1, 0.15) is 12.2 Å². The molecule has 5 fully saturated rings. The molecule has 5 rings (SSSR count). The molecule has 12 nitrogen and oxygen atoms in total. The number of hydrogen-bond acceptors (Lipinski definition) is 12. The minimum Gasteiger partial charge on any atom is -0.467 e. The predicted octanol–water partition coefficient (Wildman–Crippen LogP) is 0.357. The first-order chi connectivity index (χ1) is 19.4. The van der Waals surface area contributed by atoms with Gasteiger partial charge in [-0.05, 0) is 29.6 Å². The van der Waals surface area contributed by atoms with Crippen molar-refractivity contribution < 1.29 is 58.2 Å². The Labute approximate surface area is 244 Å². The molecule has 2 unspecified atom stereocenters. The lowest BCUT2D eigenvalue weighted by atomic mass is 9.37. The van der Waals surface area contributed by atoms with Crippen molar-refractivity contribution in [3.8, 4) is 0 Å². The number of methoxy groups -OCH3 is 1. The van der Waals surface area contributed by atoms with Gasteiger partial charge < -0.3 is 34.3 Å². The molecule has 0 amide bonds. The van der Waals surface area contributed by atoms with Crippen LogP contribution in [0.25, 0.3) is 0 Å². The van der Waals surface area contributed by atoms with Crippen LogP contribution in [0, 0.1) is 46.3 Å². The normalized spacial score (nSPS) is 44.4. The van der Waals surface area contributed by atoms with Crippen molar-refractivity contribution in [2.24, 2.45) is 46.3 Å². The minimum absolute atomic E-state index is 0.139. The summed E-state index contributed by atoms with van der Waals surface area (Å²) in [6, 6.07) is 0. The Kier molecular flexibility index (Phi) is 7.24. The van der Waals surface area contributed by atoms with E-state index < -0.39 is 106 Å². The molecule has 11 atom stereocenters. The van der Waals surface area contributed by atoms with E-state index in [-0.39, 0.29) is 31.3 Å². The van der Waals surface area contributed by atoms with E-state index >= 15 is 0 Å². The molecule has 3 N–H and O–H groups in total. The van der Waals surface area contributed by atoms with Crippen LogP contribution in [0.4, 0.5) is 0 Å². The number of carbonyl (C=O) groups is 5. The SMILES string of the molecule is COC(=O)[C@@]12OC[C@@]34C1[C@@H](OC(=O)CC(O)(C(C)C)C(C)C)C(=O)O[C@@H]3C[C@H]1C(C)C(=O)C(=O)C[C@]1(C)[C@H]4[C@@H](O)[C@@H]2O. The molecule has 0 aromatic heterocycles. The first-order valence-corrected chi connectivity index (χ1v) is 14.7. The van der Waals surface area contributed by atoms with Gasteiger partial charge in [0.15, 0.2) is 5.78 Å². The highest BCUT2D eigenvalue weighted by atomic mass is 16.6. The third-order valence-corrected chi connectivity index (χ3v) is 11.7. The number of Topliss-reactive ketones (excluding diaryl/α,β-unsaturated/α-hetero) is 2. The summed E-state index contributed by atoms with van der Waals surface area (Å²) < 4.78 is 22.8. The van der Waals surface area contributed by atoms with Crippen LogP contribution in [0.2, 0.25) is 0 Å². The number of rotatable bonds is 6. The Morgan fingerprint density at radius 1 is 1.10 bits per heavy atom. The molecule has 2 saturated heterocycles. The smallest absolute Gasteiger partial charge is 0.348 e. The second-order valence-corrected chi connectivity index (χ2v) is 14.0. The van der Waals surface area contributed by atoms with E-state index in [9.17, 15) is 39.3 Å². The van der Waals surface area contributed by atoms with Crippen molar-refractivity contribution in [1.29, 1.82) is 0 Å². The highest BCUT2D eigenvalue weighted by Crippen LogP contribution is 2.72. The molecule has 234 valence electrons. The van der Waals surface area contributed by atoms with Crippen LogP contribution >= 0.6 is 0 Å². The van der Waals surface area contributed by atoms with Crippen LogP contribution in [-0.2, 0) is 42.9 Å². The lowest BCUT2D eigenvalue weighted by Crippen LogP contribution is -2.79. The van der Waals surface area contributed by atoms with Crippen LogP contribution in [0.3, 0.4) is 0 Å². The maximum atomic E-state index is 13.7. The Balaban J connectivity index is 1.65. The number of carbonyl (C=O) groups excluding carboxylic acids is 5. The van der Waals surface area contributed by atoms with Crippen LogP contribution in [-0.4, -0.2) is 94.1 Å². The van der Waals surface area contributed by atoms with E-state index in [0.29, 0.717) is 0 Å². The fourth-order valence-corrected chi connectivity index (χ4v) is 9.54. The molecule has 42 heavy (non-hydrogen) atoms. The molecule has 2 bridgehead atoms. The number of aliphatic hydroxyl groups is 3. The van der Waals surface area contributed by atoms with Gasteiger partial charge in [-0.2, -0.15) is 0 Å². The molecular weight excluding hydrogens is 552 g/mol. The van der Waals surface area contributed by atoms with Crippen LogP contribution in [0.5, 0.6) is 0 Å². The predicted molar refractivity (Wildman–Crippen MR) is 141 cm³/mol. The summed E-state index contributed by atoms with van der Waals surface area (Å²) in [7, 11) is 1.08. The monoisotopic (exact) mass is 594 g/mol. The molecule has 3 saturated carbocycles. The van der Waals surface area contributed by atoms with Gasteiger partial charge in [0.05, 0.1) is 37.8 Å². The maximum Gasteiger partial charge on any atom is 0.348 e. The van der Waals surface area contributed by atoms with Gasteiger partial charge >= 0.3 is 17.9 Å². The molecule has 0 aromatic rings. The van der Waals surface area contributed by atoms with Gasteiger partial charge in [-0.25, -0.2) is 9.59 Å². The number of aliphatic hydroxyl groups excluding tert-OH is 2. The highest BCUT2D eigenvalue weighted by Gasteiger charge is 2.85. The van der Waals surface area contributed by atoms with Gasteiger partial charge in [0, 0.05) is 23.7 Å². The van der Waals surface area contributed by atoms with Gasteiger partial charge in [-0.3, -0.25) is 14.4 Å². The molecule has 0 aromatic carbocycles. The summed E-state index contributed by atoms with van der Waals surface area (Å²) in [4.78, 5) is 66.2. The number of fused-ring (bicyclic) bond motifs is 2. The van der Waals surface area contributed by atoms with Crippen molar-refractivity contribution in [3.63, 3.8) is 0 Å². The average Bonchev–Trinajstić information content (AvgIpc) is 3.22. The quantitative estimate of drug-likeness (QED) is 0.218. The molecule has 0 radical (unpaired) electrons. The van der Waals surface area contributed by atoms with Crippen molar-refractivity contribution in [1.82, 2.24) is 0 Å². The van der Waals surface area contributed by atoms with Crippen LogP contribution < -0.4 is 0 Å². The Morgan fingerprint density at radius 2 is 1.71 bits per heavy atom. The number of ether oxygens (including phenoxy) is 4. The molecule has 12 heteroatoms. The average molecular weight is 595 g/mol. The fraction of sp³-hybridized carbons (Fsp3) is 0.833. The zero-order valence-corrected chi connectivity index (χ0v) is 25.1. The Hall–Kier alpha value is -2.41. The molecule has 2 aliphatic heterocycles. The molecule has 3 aliphatic carbocycles. The van der Waals surface area contributed by atoms with Crippen LogP contribution in [0.15, 0.2) is 0 Å². The van der Waals surface area contributed by atoms with E-state index in [1.165, 1.54) is 0 Å². The van der Waals surface area contributed by atoms with Crippen molar-refractivity contribution in [2.75, 3.05) is 13.7 Å². The number of ketones is 2. The second-order valence-electron chi connectivity index (χ2n) is 14.0. The van der Waals surface area contributed by atoms with Crippen molar-refractivity contribution in [2.45, 2.75) is 96.4 Å². The lowest BCUT2D eigenvalue weighted by molar-refractivity contribution is -0.295. The second kappa shape index (κ2) is 9.80. The lowest BCUT2D eigenvalue weighted by Gasteiger charge is -2.67. The van der Waals surface area contributed by atoms with Gasteiger partial charge in [-0.15, -0.1) is 0 Å². The molecule has 1 spiro atoms. The third-order valence-electron chi connectivity index (χ3n) is 11.7. The maximum absolute atomic E-state index is 13.7. The van der Waals surface area contributed by atoms with Crippen molar-refractivity contribution in [3.05, 3.63) is 0 Å². The summed E-state index contributed by atoms with van der Waals surface area (Å²) in [6.45, 7) is 10.2. The standard InChI is InChI=1S/C30H42O12/c1-12(2)29(38,13(3)4)10-18(32)42-21-23-28-11-40-30(23,26(37)39-7)24(35)20(34)22(28)27(6)9-16(31)19(33)14(5)15(27)8-17(28)41-25(21)36/h12-15,17,20-24,34-35,38H,8-11H2,1-7H3/t14?,15-,17+,20+,21+,22+,23?,24-,27-,28+,30+/m0/s1.